The topological polar surface area (TPSA) is 58.2 Å². The third-order valence-corrected chi connectivity index (χ3v) is 4.73. The van der Waals surface area contributed by atoms with E-state index in [1.165, 1.54) is 25.7 Å². The first-order chi connectivity index (χ1) is 10.2. The van der Waals surface area contributed by atoms with Crippen LogP contribution in [0.3, 0.4) is 0 Å². The lowest BCUT2D eigenvalue weighted by molar-refractivity contribution is -0.140. The lowest BCUT2D eigenvalue weighted by Crippen LogP contribution is -2.43. The maximum Gasteiger partial charge on any atom is 0.223 e. The van der Waals surface area contributed by atoms with E-state index in [4.69, 9.17) is 4.74 Å². The predicted molar refractivity (Wildman–Crippen MR) is 79.8 cm³/mol. The molecule has 1 saturated heterocycles. The fraction of sp³-hybridized carbons (Fsp3) is 0.750. The van der Waals surface area contributed by atoms with Crippen molar-refractivity contribution in [2.45, 2.75) is 51.5 Å². The van der Waals surface area contributed by atoms with E-state index in [-0.39, 0.29) is 11.9 Å². The van der Waals surface area contributed by atoms with Gasteiger partial charge in [-0.2, -0.15) is 0 Å². The SMILES string of the molecule is Cc1cnc([C@@H]2COCCN2C(=O)CCC2CCCC2)[nH]1. The summed E-state index contributed by atoms with van der Waals surface area (Å²) in [5.41, 5.74) is 1.02. The Kier molecular flexibility index (Phi) is 4.58. The first kappa shape index (κ1) is 14.6. The van der Waals surface area contributed by atoms with Gasteiger partial charge in [0.05, 0.1) is 13.2 Å². The molecule has 5 heteroatoms. The number of aromatic amines is 1. The molecule has 2 heterocycles. The summed E-state index contributed by atoms with van der Waals surface area (Å²) >= 11 is 0. The van der Waals surface area contributed by atoms with Crippen LogP contribution in [0.4, 0.5) is 0 Å². The summed E-state index contributed by atoms with van der Waals surface area (Å²) in [6.45, 7) is 3.83. The largest absolute Gasteiger partial charge is 0.377 e. The highest BCUT2D eigenvalue weighted by molar-refractivity contribution is 5.76. The zero-order chi connectivity index (χ0) is 14.7. The number of amides is 1. The normalized spacial score (nSPS) is 23.7. The fourth-order valence-electron chi connectivity index (χ4n) is 3.50. The molecule has 1 aliphatic carbocycles. The fourth-order valence-corrected chi connectivity index (χ4v) is 3.50. The van der Waals surface area contributed by atoms with Crippen LogP contribution in [-0.4, -0.2) is 40.5 Å². The zero-order valence-electron chi connectivity index (χ0n) is 12.8. The first-order valence-corrected chi connectivity index (χ1v) is 8.13. The molecule has 2 aliphatic rings. The van der Waals surface area contributed by atoms with Crippen molar-refractivity contribution < 1.29 is 9.53 Å². The molecule has 0 aromatic carbocycles. The first-order valence-electron chi connectivity index (χ1n) is 8.13. The highest BCUT2D eigenvalue weighted by Gasteiger charge is 2.30. The van der Waals surface area contributed by atoms with Gasteiger partial charge in [0.15, 0.2) is 0 Å². The van der Waals surface area contributed by atoms with Gasteiger partial charge >= 0.3 is 0 Å². The van der Waals surface area contributed by atoms with Crippen molar-refractivity contribution in [2.75, 3.05) is 19.8 Å². The van der Waals surface area contributed by atoms with E-state index >= 15 is 0 Å². The second-order valence-electron chi connectivity index (χ2n) is 6.32. The Hall–Kier alpha value is -1.36. The molecular weight excluding hydrogens is 266 g/mol. The molecule has 1 N–H and O–H groups in total. The number of imidazole rings is 1. The number of ether oxygens (including phenoxy) is 1. The summed E-state index contributed by atoms with van der Waals surface area (Å²) in [5.74, 6) is 1.87. The average molecular weight is 291 g/mol. The maximum absolute atomic E-state index is 12.6. The van der Waals surface area contributed by atoms with Crippen molar-refractivity contribution in [1.29, 1.82) is 0 Å². The molecule has 3 rings (SSSR count). The number of carbonyl (C=O) groups excluding carboxylic acids is 1. The van der Waals surface area contributed by atoms with Gasteiger partial charge in [0.2, 0.25) is 5.91 Å². The molecule has 1 aromatic rings. The van der Waals surface area contributed by atoms with Gasteiger partial charge in [0.25, 0.3) is 0 Å². The average Bonchev–Trinajstić information content (AvgIpc) is 3.16. The molecule has 1 atom stereocenters. The lowest BCUT2D eigenvalue weighted by Gasteiger charge is -2.34. The summed E-state index contributed by atoms with van der Waals surface area (Å²) < 4.78 is 5.55. The molecule has 21 heavy (non-hydrogen) atoms. The van der Waals surface area contributed by atoms with E-state index in [1.54, 1.807) is 0 Å². The molecule has 1 saturated carbocycles. The summed E-state index contributed by atoms with van der Waals surface area (Å²) in [7, 11) is 0. The van der Waals surface area contributed by atoms with E-state index < -0.39 is 0 Å². The van der Waals surface area contributed by atoms with Gasteiger partial charge in [-0.3, -0.25) is 4.79 Å². The van der Waals surface area contributed by atoms with E-state index in [0.29, 0.717) is 26.2 Å². The predicted octanol–water partition coefficient (Wildman–Crippen LogP) is 2.59. The van der Waals surface area contributed by atoms with Gasteiger partial charge in [-0.15, -0.1) is 0 Å². The lowest BCUT2D eigenvalue weighted by atomic mass is 10.0. The number of rotatable bonds is 4. The Morgan fingerprint density at radius 3 is 3.00 bits per heavy atom. The van der Waals surface area contributed by atoms with Crippen LogP contribution in [0.5, 0.6) is 0 Å². The third kappa shape index (κ3) is 3.46. The van der Waals surface area contributed by atoms with Gasteiger partial charge in [-0.05, 0) is 19.3 Å². The van der Waals surface area contributed by atoms with E-state index in [9.17, 15) is 4.79 Å². The summed E-state index contributed by atoms with van der Waals surface area (Å²) in [5, 5.41) is 0. The number of nitrogens with zero attached hydrogens (tertiary/aromatic N) is 2. The number of aromatic nitrogens is 2. The second-order valence-corrected chi connectivity index (χ2v) is 6.32. The quantitative estimate of drug-likeness (QED) is 0.927. The highest BCUT2D eigenvalue weighted by atomic mass is 16.5. The smallest absolute Gasteiger partial charge is 0.223 e. The van der Waals surface area contributed by atoms with Crippen molar-refractivity contribution in [3.05, 3.63) is 17.7 Å². The van der Waals surface area contributed by atoms with Gasteiger partial charge in [-0.1, -0.05) is 25.7 Å². The molecule has 1 aliphatic heterocycles. The minimum Gasteiger partial charge on any atom is -0.377 e. The molecule has 1 aromatic heterocycles. The highest BCUT2D eigenvalue weighted by Crippen LogP contribution is 2.30. The molecule has 116 valence electrons. The van der Waals surface area contributed by atoms with Crippen molar-refractivity contribution in [2.24, 2.45) is 5.92 Å². The number of H-pyrrole nitrogens is 1. The standard InChI is InChI=1S/C16H25N3O2/c1-12-10-17-16(18-12)14-11-21-9-8-19(14)15(20)7-6-13-4-2-3-5-13/h10,13-14H,2-9,11H2,1H3,(H,17,18)/t14-/m0/s1. The zero-order valence-corrected chi connectivity index (χ0v) is 12.8. The molecule has 0 spiro atoms. The molecule has 0 unspecified atom stereocenters. The summed E-state index contributed by atoms with van der Waals surface area (Å²) in [6.07, 6.45) is 8.80. The molecular formula is C16H25N3O2. The van der Waals surface area contributed by atoms with Crippen LogP contribution in [0.25, 0.3) is 0 Å². The van der Waals surface area contributed by atoms with Crippen LogP contribution in [0.1, 0.15) is 56.1 Å². The minimum absolute atomic E-state index is 0.0523. The molecule has 0 bridgehead atoms. The minimum atomic E-state index is -0.0523. The van der Waals surface area contributed by atoms with Crippen molar-refractivity contribution in [3.8, 4) is 0 Å². The van der Waals surface area contributed by atoms with E-state index in [2.05, 4.69) is 9.97 Å². The second kappa shape index (κ2) is 6.60. The van der Waals surface area contributed by atoms with Gasteiger partial charge < -0.3 is 14.6 Å². The van der Waals surface area contributed by atoms with Crippen LogP contribution in [0, 0.1) is 12.8 Å². The van der Waals surface area contributed by atoms with Crippen LogP contribution >= 0.6 is 0 Å². The third-order valence-electron chi connectivity index (χ3n) is 4.73. The Morgan fingerprint density at radius 1 is 1.48 bits per heavy atom. The van der Waals surface area contributed by atoms with Gasteiger partial charge in [0, 0.05) is 24.9 Å². The van der Waals surface area contributed by atoms with Crippen LogP contribution in [0.15, 0.2) is 6.20 Å². The monoisotopic (exact) mass is 291 g/mol. The van der Waals surface area contributed by atoms with E-state index in [0.717, 1.165) is 23.9 Å². The van der Waals surface area contributed by atoms with E-state index in [1.807, 2.05) is 18.0 Å². The maximum atomic E-state index is 12.6. The Labute approximate surface area is 126 Å². The van der Waals surface area contributed by atoms with Crippen LogP contribution in [0.2, 0.25) is 0 Å². The Morgan fingerprint density at radius 2 is 2.29 bits per heavy atom. The number of hydrogen-bond donors (Lipinski definition) is 1. The van der Waals surface area contributed by atoms with Gasteiger partial charge in [0.1, 0.15) is 11.9 Å². The molecule has 5 nitrogen and oxygen atoms in total. The number of morpholine rings is 1. The number of hydrogen-bond acceptors (Lipinski definition) is 3. The molecule has 2 fully saturated rings. The number of nitrogens with one attached hydrogen (secondary N) is 1. The van der Waals surface area contributed by atoms with Crippen molar-refractivity contribution in [3.63, 3.8) is 0 Å². The van der Waals surface area contributed by atoms with Crippen molar-refractivity contribution >= 4 is 5.91 Å². The van der Waals surface area contributed by atoms with Crippen molar-refractivity contribution in [1.82, 2.24) is 14.9 Å². The Balaban J connectivity index is 1.61. The molecule has 1 amide bonds. The van der Waals surface area contributed by atoms with Crippen LogP contribution in [-0.2, 0) is 9.53 Å². The Bertz CT molecular complexity index is 480. The number of aryl methyl sites for hydroxylation is 1. The summed E-state index contributed by atoms with van der Waals surface area (Å²) in [6, 6.07) is -0.0523. The summed E-state index contributed by atoms with van der Waals surface area (Å²) in [4.78, 5) is 22.2. The number of carbonyl (C=O) groups is 1. The molecule has 0 radical (unpaired) electrons. The van der Waals surface area contributed by atoms with Crippen LogP contribution < -0.4 is 0 Å². The van der Waals surface area contributed by atoms with Gasteiger partial charge in [-0.25, -0.2) is 4.98 Å².